The summed E-state index contributed by atoms with van der Waals surface area (Å²) in [6, 6.07) is 2.01. The monoisotopic (exact) mass is 183 g/mol. The van der Waals surface area contributed by atoms with Crippen LogP contribution in [0.25, 0.3) is 10.1 Å². The lowest BCUT2D eigenvalue weighted by Crippen LogP contribution is -1.73. The Labute approximate surface area is 73.6 Å². The first-order valence-corrected chi connectivity index (χ1v) is 4.69. The van der Waals surface area contributed by atoms with Crippen LogP contribution in [0.2, 0.25) is 0 Å². The summed E-state index contributed by atoms with van der Waals surface area (Å²) in [4.78, 5) is 4.04. The maximum atomic E-state index is 5.73. The van der Waals surface area contributed by atoms with Crippen molar-refractivity contribution in [2.45, 2.75) is 5.88 Å². The summed E-state index contributed by atoms with van der Waals surface area (Å²) in [6.07, 6.45) is 3.67. The van der Waals surface area contributed by atoms with Gasteiger partial charge >= 0.3 is 0 Å². The number of halogens is 1. The molecule has 2 heterocycles. The smallest absolute Gasteiger partial charge is 0.0489 e. The maximum absolute atomic E-state index is 5.73. The standard InChI is InChI=1S/C8H6ClNS/c9-3-6-5-11-8-1-2-10-4-7(6)8/h1-2,4-5H,3H2. The van der Waals surface area contributed by atoms with E-state index in [1.165, 1.54) is 15.6 Å². The molecule has 0 aliphatic carbocycles. The van der Waals surface area contributed by atoms with E-state index in [0.29, 0.717) is 5.88 Å². The summed E-state index contributed by atoms with van der Waals surface area (Å²) in [7, 11) is 0. The Bertz CT molecular complexity index is 369. The number of fused-ring (bicyclic) bond motifs is 1. The molecular weight excluding hydrogens is 178 g/mol. The van der Waals surface area contributed by atoms with Gasteiger partial charge in [-0.1, -0.05) is 0 Å². The summed E-state index contributed by atoms with van der Waals surface area (Å²) in [5, 5.41) is 3.27. The van der Waals surface area contributed by atoms with Crippen LogP contribution in [-0.4, -0.2) is 4.98 Å². The molecular formula is C8H6ClNS. The molecule has 0 aliphatic heterocycles. The SMILES string of the molecule is ClCc1csc2ccncc12. The van der Waals surface area contributed by atoms with Crippen molar-refractivity contribution >= 4 is 33.0 Å². The molecule has 0 bridgehead atoms. The minimum atomic E-state index is 0.575. The minimum absolute atomic E-state index is 0.575. The first kappa shape index (κ1) is 7.07. The molecule has 3 heteroatoms. The highest BCUT2D eigenvalue weighted by molar-refractivity contribution is 7.17. The molecule has 0 saturated heterocycles. The number of alkyl halides is 1. The normalized spacial score (nSPS) is 10.6. The zero-order valence-electron chi connectivity index (χ0n) is 5.75. The number of hydrogen-bond donors (Lipinski definition) is 0. The molecule has 2 aromatic rings. The third kappa shape index (κ3) is 1.12. The lowest BCUT2D eigenvalue weighted by Gasteiger charge is -1.89. The van der Waals surface area contributed by atoms with Gasteiger partial charge in [-0.05, 0) is 17.0 Å². The van der Waals surface area contributed by atoms with Crippen molar-refractivity contribution in [3.8, 4) is 0 Å². The molecule has 0 spiro atoms. The van der Waals surface area contributed by atoms with Gasteiger partial charge in [0, 0.05) is 28.4 Å². The van der Waals surface area contributed by atoms with Crippen LogP contribution < -0.4 is 0 Å². The van der Waals surface area contributed by atoms with Gasteiger partial charge in [0.05, 0.1) is 0 Å². The van der Waals surface area contributed by atoms with Gasteiger partial charge in [-0.25, -0.2) is 0 Å². The third-order valence-electron chi connectivity index (χ3n) is 1.60. The lowest BCUT2D eigenvalue weighted by molar-refractivity contribution is 1.36. The maximum Gasteiger partial charge on any atom is 0.0489 e. The fourth-order valence-corrected chi connectivity index (χ4v) is 2.27. The minimum Gasteiger partial charge on any atom is -0.264 e. The molecule has 0 aromatic carbocycles. The number of hydrogen-bond acceptors (Lipinski definition) is 2. The number of aromatic nitrogens is 1. The molecule has 11 heavy (non-hydrogen) atoms. The molecule has 0 fully saturated rings. The van der Waals surface area contributed by atoms with Crippen LogP contribution >= 0.6 is 22.9 Å². The summed E-state index contributed by atoms with van der Waals surface area (Å²) in [6.45, 7) is 0. The number of pyridine rings is 1. The Balaban J connectivity index is 2.76. The van der Waals surface area contributed by atoms with Gasteiger partial charge < -0.3 is 0 Å². The van der Waals surface area contributed by atoms with E-state index in [2.05, 4.69) is 10.4 Å². The van der Waals surface area contributed by atoms with Crippen LogP contribution in [0.4, 0.5) is 0 Å². The van der Waals surface area contributed by atoms with E-state index in [1.54, 1.807) is 17.5 Å². The molecule has 0 atom stereocenters. The third-order valence-corrected chi connectivity index (χ3v) is 2.90. The Morgan fingerprint density at radius 3 is 3.27 bits per heavy atom. The van der Waals surface area contributed by atoms with E-state index in [0.717, 1.165) is 0 Å². The summed E-state index contributed by atoms with van der Waals surface area (Å²) >= 11 is 7.44. The summed E-state index contributed by atoms with van der Waals surface area (Å²) < 4.78 is 1.26. The Hall–Kier alpha value is -0.600. The highest BCUT2D eigenvalue weighted by atomic mass is 35.5. The number of thiophene rings is 1. The van der Waals surface area contributed by atoms with E-state index in [1.807, 2.05) is 12.3 Å². The van der Waals surface area contributed by atoms with Gasteiger partial charge in [0.1, 0.15) is 0 Å². The van der Waals surface area contributed by atoms with Crippen molar-refractivity contribution in [1.29, 1.82) is 0 Å². The van der Waals surface area contributed by atoms with Gasteiger partial charge in [0.25, 0.3) is 0 Å². The van der Waals surface area contributed by atoms with Crippen molar-refractivity contribution in [2.24, 2.45) is 0 Å². The van der Waals surface area contributed by atoms with Gasteiger partial charge in [-0.2, -0.15) is 0 Å². The van der Waals surface area contributed by atoms with Crippen LogP contribution in [0.15, 0.2) is 23.8 Å². The lowest BCUT2D eigenvalue weighted by atomic mass is 10.2. The van der Waals surface area contributed by atoms with Crippen molar-refractivity contribution in [3.63, 3.8) is 0 Å². The van der Waals surface area contributed by atoms with Gasteiger partial charge in [-0.3, -0.25) is 4.98 Å². The predicted molar refractivity (Wildman–Crippen MR) is 49.2 cm³/mol. The fraction of sp³-hybridized carbons (Fsp3) is 0.125. The van der Waals surface area contributed by atoms with Crippen LogP contribution in [0.5, 0.6) is 0 Å². The largest absolute Gasteiger partial charge is 0.264 e. The number of nitrogens with zero attached hydrogens (tertiary/aromatic N) is 1. The van der Waals surface area contributed by atoms with Crippen LogP contribution in [0, 0.1) is 0 Å². The second-order valence-corrected chi connectivity index (χ2v) is 3.44. The summed E-state index contributed by atoms with van der Waals surface area (Å²) in [5.74, 6) is 0.575. The van der Waals surface area contributed by atoms with Gasteiger partial charge in [0.2, 0.25) is 0 Å². The number of rotatable bonds is 1. The first-order valence-electron chi connectivity index (χ1n) is 3.28. The first-order chi connectivity index (χ1) is 5.42. The molecule has 0 amide bonds. The highest BCUT2D eigenvalue weighted by Gasteiger charge is 2.00. The molecule has 0 aliphatic rings. The Morgan fingerprint density at radius 1 is 1.55 bits per heavy atom. The van der Waals surface area contributed by atoms with E-state index in [-0.39, 0.29) is 0 Å². The average molecular weight is 184 g/mol. The van der Waals surface area contributed by atoms with Crippen LogP contribution in [0.3, 0.4) is 0 Å². The zero-order chi connectivity index (χ0) is 7.68. The molecule has 1 nitrogen and oxygen atoms in total. The van der Waals surface area contributed by atoms with Crippen molar-refractivity contribution in [1.82, 2.24) is 4.98 Å². The van der Waals surface area contributed by atoms with E-state index in [9.17, 15) is 0 Å². The highest BCUT2D eigenvalue weighted by Crippen LogP contribution is 2.25. The quantitative estimate of drug-likeness (QED) is 0.620. The zero-order valence-corrected chi connectivity index (χ0v) is 7.32. The fourth-order valence-electron chi connectivity index (χ4n) is 1.03. The van der Waals surface area contributed by atoms with Gasteiger partial charge in [0.15, 0.2) is 0 Å². The molecule has 0 saturated carbocycles. The predicted octanol–water partition coefficient (Wildman–Crippen LogP) is 3.04. The van der Waals surface area contributed by atoms with Gasteiger partial charge in [-0.15, -0.1) is 22.9 Å². The van der Waals surface area contributed by atoms with Crippen LogP contribution in [-0.2, 0) is 5.88 Å². The molecule has 56 valence electrons. The molecule has 2 rings (SSSR count). The van der Waals surface area contributed by atoms with Crippen molar-refractivity contribution in [2.75, 3.05) is 0 Å². The Morgan fingerprint density at radius 2 is 2.45 bits per heavy atom. The van der Waals surface area contributed by atoms with Crippen LogP contribution in [0.1, 0.15) is 5.56 Å². The van der Waals surface area contributed by atoms with Crippen molar-refractivity contribution in [3.05, 3.63) is 29.4 Å². The average Bonchev–Trinajstić information content (AvgIpc) is 2.47. The second kappa shape index (κ2) is 2.80. The van der Waals surface area contributed by atoms with E-state index >= 15 is 0 Å². The molecule has 0 radical (unpaired) electrons. The molecule has 2 aromatic heterocycles. The summed E-state index contributed by atoms with van der Waals surface area (Å²) in [5.41, 5.74) is 1.18. The molecule has 0 unspecified atom stereocenters. The molecule has 0 N–H and O–H groups in total. The van der Waals surface area contributed by atoms with E-state index in [4.69, 9.17) is 11.6 Å². The topological polar surface area (TPSA) is 12.9 Å². The Kier molecular flexibility index (Phi) is 1.80. The van der Waals surface area contributed by atoms with Crippen molar-refractivity contribution < 1.29 is 0 Å². The second-order valence-electron chi connectivity index (χ2n) is 2.27. The van der Waals surface area contributed by atoms with E-state index < -0.39 is 0 Å².